The Kier molecular flexibility index (Phi) is 1.84. The van der Waals surface area contributed by atoms with Crippen molar-refractivity contribution in [2.45, 2.75) is 0 Å². The van der Waals surface area contributed by atoms with Gasteiger partial charge < -0.3 is 10.2 Å². The van der Waals surface area contributed by atoms with E-state index in [1.807, 2.05) is 0 Å². The molecule has 0 aliphatic heterocycles. The van der Waals surface area contributed by atoms with Crippen LogP contribution in [-0.4, -0.2) is 19.6 Å². The first kappa shape index (κ1) is 9.17. The smallest absolute Gasteiger partial charge is 0.224 e. The van der Waals surface area contributed by atoms with Gasteiger partial charge in [0.05, 0.1) is 6.26 Å². The molecule has 0 aliphatic carbocycles. The minimum absolute atomic E-state index is 0.188. The maximum atomic E-state index is 5.76. The van der Waals surface area contributed by atoms with Gasteiger partial charge in [0.1, 0.15) is 5.15 Å². The molecule has 0 saturated heterocycles. The molecule has 3 aromatic rings. The second kappa shape index (κ2) is 3.21. The molecule has 0 aromatic carbocycles. The molecule has 6 nitrogen and oxygen atoms in total. The van der Waals surface area contributed by atoms with Crippen molar-refractivity contribution >= 4 is 23.2 Å². The van der Waals surface area contributed by atoms with E-state index in [4.69, 9.17) is 21.8 Å². The average molecular weight is 236 g/mol. The number of nitrogens with two attached hydrogens (primary N) is 1. The van der Waals surface area contributed by atoms with Gasteiger partial charge in [0.15, 0.2) is 11.4 Å². The zero-order valence-corrected chi connectivity index (χ0v) is 8.72. The zero-order valence-electron chi connectivity index (χ0n) is 7.96. The average Bonchev–Trinajstić information content (AvgIpc) is 2.82. The maximum Gasteiger partial charge on any atom is 0.224 e. The fourth-order valence-electron chi connectivity index (χ4n) is 1.39. The van der Waals surface area contributed by atoms with Gasteiger partial charge in [-0.2, -0.15) is 4.52 Å². The third kappa shape index (κ3) is 1.31. The molecule has 0 atom stereocenters. The SMILES string of the molecule is Nc1nc(Cl)cc2nc(-c3ccco3)nn12. The lowest BCUT2D eigenvalue weighted by atomic mass is 10.4. The number of halogens is 1. The number of hydrogen-bond acceptors (Lipinski definition) is 5. The van der Waals surface area contributed by atoms with Crippen molar-refractivity contribution in [3.8, 4) is 11.6 Å². The molecule has 0 fully saturated rings. The van der Waals surface area contributed by atoms with Crippen molar-refractivity contribution in [2.75, 3.05) is 5.73 Å². The van der Waals surface area contributed by atoms with E-state index in [1.54, 1.807) is 24.5 Å². The highest BCUT2D eigenvalue weighted by Gasteiger charge is 2.11. The number of fused-ring (bicyclic) bond motifs is 1. The van der Waals surface area contributed by atoms with Crippen LogP contribution in [0.4, 0.5) is 5.95 Å². The Labute approximate surface area is 94.7 Å². The van der Waals surface area contributed by atoms with E-state index in [1.165, 1.54) is 4.52 Å². The lowest BCUT2D eigenvalue weighted by Gasteiger charge is -1.95. The fraction of sp³-hybridized carbons (Fsp3) is 0. The Morgan fingerprint density at radius 2 is 2.25 bits per heavy atom. The van der Waals surface area contributed by atoms with Crippen LogP contribution in [0, 0.1) is 0 Å². The monoisotopic (exact) mass is 235 g/mol. The summed E-state index contributed by atoms with van der Waals surface area (Å²) in [6.45, 7) is 0. The van der Waals surface area contributed by atoms with Crippen LogP contribution in [0.25, 0.3) is 17.2 Å². The Bertz CT molecular complexity index is 645. The number of rotatable bonds is 1. The number of furan rings is 1. The van der Waals surface area contributed by atoms with Crippen LogP contribution < -0.4 is 5.73 Å². The van der Waals surface area contributed by atoms with Gasteiger partial charge in [0.2, 0.25) is 11.8 Å². The zero-order chi connectivity index (χ0) is 11.1. The van der Waals surface area contributed by atoms with E-state index in [0.717, 1.165) is 0 Å². The van der Waals surface area contributed by atoms with E-state index < -0.39 is 0 Å². The van der Waals surface area contributed by atoms with E-state index in [-0.39, 0.29) is 11.1 Å². The van der Waals surface area contributed by atoms with Gasteiger partial charge in [-0.1, -0.05) is 11.6 Å². The van der Waals surface area contributed by atoms with Crippen LogP contribution in [0.1, 0.15) is 0 Å². The van der Waals surface area contributed by atoms with E-state index in [0.29, 0.717) is 17.2 Å². The van der Waals surface area contributed by atoms with E-state index in [9.17, 15) is 0 Å². The molecule has 7 heteroatoms. The van der Waals surface area contributed by atoms with Gasteiger partial charge in [-0.05, 0) is 12.1 Å². The third-order valence-corrected chi connectivity index (χ3v) is 2.25. The Balaban J connectivity index is 2.27. The van der Waals surface area contributed by atoms with Gasteiger partial charge in [-0.3, -0.25) is 0 Å². The van der Waals surface area contributed by atoms with Gasteiger partial charge in [-0.25, -0.2) is 9.97 Å². The highest BCUT2D eigenvalue weighted by molar-refractivity contribution is 6.29. The van der Waals surface area contributed by atoms with Crippen LogP contribution in [0.3, 0.4) is 0 Å². The van der Waals surface area contributed by atoms with Crippen LogP contribution in [0.5, 0.6) is 0 Å². The van der Waals surface area contributed by atoms with Gasteiger partial charge in [0.25, 0.3) is 0 Å². The van der Waals surface area contributed by atoms with Crippen molar-refractivity contribution in [2.24, 2.45) is 0 Å². The number of aromatic nitrogens is 4. The molecule has 0 spiro atoms. The first-order valence-electron chi connectivity index (χ1n) is 4.47. The first-order valence-corrected chi connectivity index (χ1v) is 4.84. The predicted octanol–water partition coefficient (Wildman–Crippen LogP) is 1.62. The summed E-state index contributed by atoms with van der Waals surface area (Å²) in [6.07, 6.45) is 1.55. The lowest BCUT2D eigenvalue weighted by Crippen LogP contribution is -2.01. The summed E-state index contributed by atoms with van der Waals surface area (Å²) in [4.78, 5) is 8.10. The van der Waals surface area contributed by atoms with Crippen LogP contribution >= 0.6 is 11.6 Å². The number of hydrogen-bond donors (Lipinski definition) is 1. The second-order valence-electron chi connectivity index (χ2n) is 3.12. The van der Waals surface area contributed by atoms with Crippen LogP contribution in [0.2, 0.25) is 5.15 Å². The Hall–Kier alpha value is -2.08. The molecule has 0 saturated carbocycles. The normalized spacial score (nSPS) is 11.1. The highest BCUT2D eigenvalue weighted by atomic mass is 35.5. The Morgan fingerprint density at radius 3 is 3.00 bits per heavy atom. The topological polar surface area (TPSA) is 82.2 Å². The summed E-state index contributed by atoms with van der Waals surface area (Å²) in [5, 5.41) is 4.44. The van der Waals surface area contributed by atoms with Crippen LogP contribution in [-0.2, 0) is 0 Å². The molecule has 3 aromatic heterocycles. The molecule has 0 radical (unpaired) electrons. The number of nitrogens with zero attached hydrogens (tertiary/aromatic N) is 4. The van der Waals surface area contributed by atoms with Gasteiger partial charge in [0, 0.05) is 6.07 Å². The minimum Gasteiger partial charge on any atom is -0.461 e. The molecular weight excluding hydrogens is 230 g/mol. The van der Waals surface area contributed by atoms with Crippen molar-refractivity contribution < 1.29 is 4.42 Å². The fourth-order valence-corrected chi connectivity index (χ4v) is 1.58. The maximum absolute atomic E-state index is 5.76. The summed E-state index contributed by atoms with van der Waals surface area (Å²) in [7, 11) is 0. The first-order chi connectivity index (χ1) is 7.74. The molecule has 16 heavy (non-hydrogen) atoms. The third-order valence-electron chi connectivity index (χ3n) is 2.06. The predicted molar refractivity (Wildman–Crippen MR) is 57.9 cm³/mol. The lowest BCUT2D eigenvalue weighted by molar-refractivity contribution is 0.577. The second-order valence-corrected chi connectivity index (χ2v) is 3.51. The molecule has 0 bridgehead atoms. The molecule has 3 heterocycles. The van der Waals surface area contributed by atoms with Crippen molar-refractivity contribution in [1.29, 1.82) is 0 Å². The molecule has 2 N–H and O–H groups in total. The van der Waals surface area contributed by atoms with Crippen molar-refractivity contribution in [3.63, 3.8) is 0 Å². The summed E-state index contributed by atoms with van der Waals surface area (Å²) in [5.74, 6) is 1.20. The van der Waals surface area contributed by atoms with Crippen molar-refractivity contribution in [1.82, 2.24) is 19.6 Å². The molecule has 3 rings (SSSR count). The standard InChI is InChI=1S/C9H6ClN5O/c10-6-4-7-13-8(5-2-1-3-16-5)14-15(7)9(11)12-6/h1-4H,(H2,11,12). The highest BCUT2D eigenvalue weighted by Crippen LogP contribution is 2.19. The van der Waals surface area contributed by atoms with Gasteiger partial charge in [-0.15, -0.1) is 5.10 Å². The summed E-state index contributed by atoms with van der Waals surface area (Å²) in [6, 6.07) is 5.10. The van der Waals surface area contributed by atoms with E-state index >= 15 is 0 Å². The molecule has 0 amide bonds. The Morgan fingerprint density at radius 1 is 1.38 bits per heavy atom. The molecule has 80 valence electrons. The molecule has 0 unspecified atom stereocenters. The summed E-state index contributed by atoms with van der Waals surface area (Å²) in [5.41, 5.74) is 6.19. The minimum atomic E-state index is 0.188. The molecular formula is C9H6ClN5O. The summed E-state index contributed by atoms with van der Waals surface area (Å²) >= 11 is 5.76. The van der Waals surface area contributed by atoms with E-state index in [2.05, 4.69) is 15.1 Å². The number of anilines is 1. The number of nitrogen functional groups attached to an aromatic ring is 1. The van der Waals surface area contributed by atoms with Gasteiger partial charge >= 0.3 is 0 Å². The van der Waals surface area contributed by atoms with Crippen molar-refractivity contribution in [3.05, 3.63) is 29.6 Å². The quantitative estimate of drug-likeness (QED) is 0.648. The van der Waals surface area contributed by atoms with Crippen LogP contribution in [0.15, 0.2) is 28.9 Å². The largest absolute Gasteiger partial charge is 0.461 e. The summed E-state index contributed by atoms with van der Waals surface area (Å²) < 4.78 is 6.59. The molecule has 0 aliphatic rings.